The standard InChI is InChI=1S/C66H62N2/c1-63(2,3)47-27-35-59-55(39-47)56-40-48(64(4,5)6)28-36-60(56)67(59)51-31-21-43(22-32-51)19-25-45-15-13-18-54-46(16-14-17-53(45)54)26-20-44-23-33-52(34-24-44)68-61-37-29-49(65(7,8)9)41-57(61)58-42-50(66(10,11)12)30-38-62(58)68/h13-18,21-24,27-42H,1-12H3. The van der Waals surface area contributed by atoms with E-state index in [1.807, 2.05) is 0 Å². The number of hydrogen-bond donors (Lipinski definition) is 0. The van der Waals surface area contributed by atoms with Gasteiger partial charge in [-0.3, -0.25) is 0 Å². The highest BCUT2D eigenvalue weighted by atomic mass is 15.0. The highest BCUT2D eigenvalue weighted by Crippen LogP contribution is 2.40. The second-order valence-corrected chi connectivity index (χ2v) is 22.9. The summed E-state index contributed by atoms with van der Waals surface area (Å²) in [4.78, 5) is 0. The largest absolute Gasteiger partial charge is 0.309 e. The fourth-order valence-corrected chi connectivity index (χ4v) is 9.66. The van der Waals surface area contributed by atoms with Gasteiger partial charge in [-0.05, 0) is 164 Å². The summed E-state index contributed by atoms with van der Waals surface area (Å²) in [5.41, 5.74) is 16.6. The summed E-state index contributed by atoms with van der Waals surface area (Å²) in [6.45, 7) is 27.5. The molecule has 2 heterocycles. The second kappa shape index (κ2) is 16.2. The third kappa shape index (κ3) is 8.18. The quantitative estimate of drug-likeness (QED) is 0.153. The molecule has 8 aromatic carbocycles. The zero-order chi connectivity index (χ0) is 47.9. The van der Waals surface area contributed by atoms with Crippen LogP contribution in [0.3, 0.4) is 0 Å². The lowest BCUT2D eigenvalue weighted by Crippen LogP contribution is -2.10. The van der Waals surface area contributed by atoms with Gasteiger partial charge in [0.1, 0.15) is 0 Å². The number of rotatable bonds is 2. The normalized spacial score (nSPS) is 12.5. The Morgan fingerprint density at radius 2 is 0.559 bits per heavy atom. The van der Waals surface area contributed by atoms with Gasteiger partial charge in [-0.2, -0.15) is 0 Å². The van der Waals surface area contributed by atoms with Crippen LogP contribution in [-0.2, 0) is 21.7 Å². The maximum atomic E-state index is 3.52. The van der Waals surface area contributed by atoms with Crippen LogP contribution in [0, 0.1) is 23.7 Å². The maximum Gasteiger partial charge on any atom is 0.0541 e. The molecule has 10 rings (SSSR count). The van der Waals surface area contributed by atoms with Crippen molar-refractivity contribution in [3.05, 3.63) is 202 Å². The molecule has 0 spiro atoms. The molecule has 0 atom stereocenters. The molecule has 0 saturated carbocycles. The lowest BCUT2D eigenvalue weighted by Gasteiger charge is -2.19. The fourth-order valence-electron chi connectivity index (χ4n) is 9.66. The van der Waals surface area contributed by atoms with Gasteiger partial charge in [0.15, 0.2) is 0 Å². The van der Waals surface area contributed by atoms with Gasteiger partial charge in [-0.25, -0.2) is 0 Å². The molecular weight excluding hydrogens is 821 g/mol. The Morgan fingerprint density at radius 1 is 0.279 bits per heavy atom. The Balaban J connectivity index is 0.943. The molecule has 0 saturated heterocycles. The van der Waals surface area contributed by atoms with Crippen LogP contribution in [0.2, 0.25) is 0 Å². The van der Waals surface area contributed by atoms with Gasteiger partial charge in [0.25, 0.3) is 0 Å². The molecule has 336 valence electrons. The van der Waals surface area contributed by atoms with E-state index in [2.05, 4.69) is 274 Å². The SMILES string of the molecule is CC(C)(C)c1ccc2c(c1)c1cc(C(C)(C)C)ccc1n2-c1ccc(C#Cc2cccc3c(C#Cc4ccc(-n5c6ccc(C(C)(C)C)cc6c6cc(C(C)(C)C)ccc65)cc4)cccc23)cc1. The lowest BCUT2D eigenvalue weighted by atomic mass is 9.85. The monoisotopic (exact) mass is 882 g/mol. The first-order valence-corrected chi connectivity index (χ1v) is 24.2. The van der Waals surface area contributed by atoms with E-state index < -0.39 is 0 Å². The molecule has 0 N–H and O–H groups in total. The van der Waals surface area contributed by atoms with E-state index in [1.165, 1.54) is 65.9 Å². The summed E-state index contributed by atoms with van der Waals surface area (Å²) >= 11 is 0. The molecule has 0 fully saturated rings. The minimum atomic E-state index is 0.0583. The number of aromatic nitrogens is 2. The van der Waals surface area contributed by atoms with Gasteiger partial charge in [-0.1, -0.05) is 155 Å². The summed E-state index contributed by atoms with van der Waals surface area (Å²) < 4.78 is 4.80. The predicted molar refractivity (Wildman–Crippen MR) is 292 cm³/mol. The zero-order valence-corrected chi connectivity index (χ0v) is 41.9. The Labute approximate surface area is 403 Å². The smallest absolute Gasteiger partial charge is 0.0541 e. The van der Waals surface area contributed by atoms with Gasteiger partial charge in [0.05, 0.1) is 22.1 Å². The number of nitrogens with zero attached hydrogens (tertiary/aromatic N) is 2. The zero-order valence-electron chi connectivity index (χ0n) is 41.9. The molecule has 0 radical (unpaired) electrons. The molecular formula is C66H62N2. The van der Waals surface area contributed by atoms with Crippen LogP contribution in [0.1, 0.15) is 128 Å². The van der Waals surface area contributed by atoms with Gasteiger partial charge in [0, 0.05) is 55.2 Å². The Bertz CT molecular complexity index is 3350. The van der Waals surface area contributed by atoms with Crippen molar-refractivity contribution >= 4 is 54.4 Å². The number of fused-ring (bicyclic) bond motifs is 7. The Morgan fingerprint density at radius 3 is 0.824 bits per heavy atom. The second-order valence-electron chi connectivity index (χ2n) is 22.9. The number of hydrogen-bond acceptors (Lipinski definition) is 0. The molecule has 2 aromatic heterocycles. The van der Waals surface area contributed by atoms with Crippen molar-refractivity contribution in [1.29, 1.82) is 0 Å². The van der Waals surface area contributed by atoms with Crippen LogP contribution in [0.25, 0.3) is 65.8 Å². The third-order valence-electron chi connectivity index (χ3n) is 13.9. The van der Waals surface area contributed by atoms with Crippen molar-refractivity contribution in [1.82, 2.24) is 9.13 Å². The van der Waals surface area contributed by atoms with Crippen molar-refractivity contribution in [3.8, 4) is 35.1 Å². The van der Waals surface area contributed by atoms with Crippen molar-refractivity contribution in [3.63, 3.8) is 0 Å². The van der Waals surface area contributed by atoms with E-state index >= 15 is 0 Å². The molecule has 0 amide bonds. The van der Waals surface area contributed by atoms with Gasteiger partial charge in [-0.15, -0.1) is 0 Å². The highest BCUT2D eigenvalue weighted by Gasteiger charge is 2.23. The Kier molecular flexibility index (Phi) is 10.6. The molecule has 0 bridgehead atoms. The van der Waals surface area contributed by atoms with E-state index in [9.17, 15) is 0 Å². The van der Waals surface area contributed by atoms with Crippen molar-refractivity contribution in [2.24, 2.45) is 0 Å². The van der Waals surface area contributed by atoms with Crippen LogP contribution < -0.4 is 0 Å². The molecule has 0 aliphatic heterocycles. The van der Waals surface area contributed by atoms with Gasteiger partial charge < -0.3 is 9.13 Å². The van der Waals surface area contributed by atoms with E-state index in [1.54, 1.807) is 0 Å². The molecule has 0 aliphatic carbocycles. The van der Waals surface area contributed by atoms with Crippen molar-refractivity contribution in [2.75, 3.05) is 0 Å². The van der Waals surface area contributed by atoms with E-state index in [0.29, 0.717) is 0 Å². The van der Waals surface area contributed by atoms with E-state index in [-0.39, 0.29) is 21.7 Å². The van der Waals surface area contributed by atoms with Crippen LogP contribution in [-0.4, -0.2) is 9.13 Å². The summed E-state index contributed by atoms with van der Waals surface area (Å²) in [5.74, 6) is 14.0. The van der Waals surface area contributed by atoms with Crippen molar-refractivity contribution in [2.45, 2.75) is 105 Å². The molecule has 0 aliphatic rings. The first kappa shape index (κ1) is 44.6. The average molecular weight is 883 g/mol. The first-order valence-electron chi connectivity index (χ1n) is 24.2. The van der Waals surface area contributed by atoms with E-state index in [0.717, 1.165) is 44.4 Å². The maximum absolute atomic E-state index is 3.52. The molecule has 0 unspecified atom stereocenters. The van der Waals surface area contributed by atoms with Crippen LogP contribution in [0.4, 0.5) is 0 Å². The average Bonchev–Trinajstić information content (AvgIpc) is 3.81. The van der Waals surface area contributed by atoms with Gasteiger partial charge in [0.2, 0.25) is 0 Å². The highest BCUT2D eigenvalue weighted by molar-refractivity contribution is 6.11. The first-order chi connectivity index (χ1) is 32.2. The minimum Gasteiger partial charge on any atom is -0.309 e. The Hall–Kier alpha value is -7.26. The summed E-state index contributed by atoms with van der Waals surface area (Å²) in [6, 6.07) is 58.1. The fraction of sp³-hybridized carbons (Fsp3) is 0.242. The van der Waals surface area contributed by atoms with Crippen LogP contribution in [0.5, 0.6) is 0 Å². The topological polar surface area (TPSA) is 9.86 Å². The van der Waals surface area contributed by atoms with E-state index in [4.69, 9.17) is 0 Å². The number of benzene rings is 8. The predicted octanol–water partition coefficient (Wildman–Crippen LogP) is 17.0. The van der Waals surface area contributed by atoms with Crippen LogP contribution in [0.15, 0.2) is 158 Å². The summed E-state index contributed by atoms with van der Waals surface area (Å²) in [5, 5.41) is 7.37. The van der Waals surface area contributed by atoms with Crippen LogP contribution >= 0.6 is 0 Å². The summed E-state index contributed by atoms with van der Waals surface area (Å²) in [6.07, 6.45) is 0. The molecule has 2 nitrogen and oxygen atoms in total. The summed E-state index contributed by atoms with van der Waals surface area (Å²) in [7, 11) is 0. The van der Waals surface area contributed by atoms with Gasteiger partial charge >= 0.3 is 0 Å². The van der Waals surface area contributed by atoms with Crippen molar-refractivity contribution < 1.29 is 0 Å². The third-order valence-corrected chi connectivity index (χ3v) is 13.9. The lowest BCUT2D eigenvalue weighted by molar-refractivity contribution is 0.590. The minimum absolute atomic E-state index is 0.0583. The molecule has 2 heteroatoms. The molecule has 10 aromatic rings. The molecule has 68 heavy (non-hydrogen) atoms.